The number of halogens is 1. The molecule has 2 N–H and O–H groups in total. The molecule has 0 amide bonds. The van der Waals surface area contributed by atoms with Crippen molar-refractivity contribution in [2.45, 2.75) is 24.3 Å². The van der Waals surface area contributed by atoms with Crippen LogP contribution in [0.5, 0.6) is 5.75 Å². The minimum atomic E-state index is -3.79. The predicted octanol–water partition coefficient (Wildman–Crippen LogP) is 2.54. The molecule has 154 valence electrons. The van der Waals surface area contributed by atoms with Gasteiger partial charge in [-0.05, 0) is 31.2 Å². The van der Waals surface area contributed by atoms with Crippen LogP contribution in [0.25, 0.3) is 11.1 Å². The van der Waals surface area contributed by atoms with Gasteiger partial charge in [-0.25, -0.2) is 17.8 Å². The Kier molecular flexibility index (Phi) is 4.70. The van der Waals surface area contributed by atoms with Crippen LogP contribution in [0.4, 0.5) is 10.2 Å². The largest absolute Gasteiger partial charge is 0.482 e. The number of pyridine rings is 1. The minimum Gasteiger partial charge on any atom is -0.482 e. The molecule has 1 atom stereocenters. The van der Waals surface area contributed by atoms with Gasteiger partial charge in [-0.2, -0.15) is 10.4 Å². The molecule has 10 heteroatoms. The fourth-order valence-corrected chi connectivity index (χ4v) is 5.13. The van der Waals surface area contributed by atoms with Gasteiger partial charge < -0.3 is 10.5 Å². The lowest BCUT2D eigenvalue weighted by molar-refractivity contribution is 0.224. The highest BCUT2D eigenvalue weighted by Crippen LogP contribution is 2.36. The third-order valence-corrected chi connectivity index (χ3v) is 6.84. The number of rotatable bonds is 0. The van der Waals surface area contributed by atoms with Crippen molar-refractivity contribution >= 4 is 15.7 Å². The predicted molar refractivity (Wildman–Crippen MR) is 107 cm³/mol. The second kappa shape index (κ2) is 7.11. The summed E-state index contributed by atoms with van der Waals surface area (Å²) >= 11 is 0. The summed E-state index contributed by atoms with van der Waals surface area (Å²) in [4.78, 5) is 4.15. The monoisotopic (exact) mass is 427 g/mol. The summed E-state index contributed by atoms with van der Waals surface area (Å²) < 4.78 is 47.4. The number of benzene rings is 1. The quantitative estimate of drug-likeness (QED) is 0.547. The van der Waals surface area contributed by atoms with Gasteiger partial charge in [0.25, 0.3) is 0 Å². The molecule has 1 aliphatic rings. The number of nitrogen functional groups attached to an aromatic ring is 1. The van der Waals surface area contributed by atoms with Crippen LogP contribution in [0.2, 0.25) is 0 Å². The van der Waals surface area contributed by atoms with Gasteiger partial charge >= 0.3 is 0 Å². The Bertz CT molecular complexity index is 1310. The SMILES string of the molecule is CC1Oc2cc(cnc2N)-c2c(nn(C)c2C#N)CCS(=O)(=O)c2ccc(F)cc21. The molecule has 0 fully saturated rings. The Morgan fingerprint density at radius 1 is 1.37 bits per heavy atom. The van der Waals surface area contributed by atoms with Crippen molar-refractivity contribution in [3.8, 4) is 22.9 Å². The van der Waals surface area contributed by atoms with E-state index in [-0.39, 0.29) is 39.9 Å². The van der Waals surface area contributed by atoms with E-state index in [1.165, 1.54) is 16.9 Å². The maximum absolute atomic E-state index is 13.9. The van der Waals surface area contributed by atoms with Gasteiger partial charge in [0.2, 0.25) is 0 Å². The smallest absolute Gasteiger partial charge is 0.179 e. The van der Waals surface area contributed by atoms with Crippen LogP contribution in [0.1, 0.15) is 30.0 Å². The lowest BCUT2D eigenvalue weighted by atomic mass is 10.0. The average Bonchev–Trinajstić information content (AvgIpc) is 3.02. The van der Waals surface area contributed by atoms with Crippen LogP contribution >= 0.6 is 0 Å². The normalized spacial score (nSPS) is 17.5. The van der Waals surface area contributed by atoms with Crippen molar-refractivity contribution in [3.63, 3.8) is 0 Å². The zero-order valence-corrected chi connectivity index (χ0v) is 17.1. The topological polar surface area (TPSA) is 124 Å². The van der Waals surface area contributed by atoms with Gasteiger partial charge in [-0.15, -0.1) is 0 Å². The summed E-state index contributed by atoms with van der Waals surface area (Å²) in [5.74, 6) is -0.543. The molecule has 0 saturated carbocycles. The van der Waals surface area contributed by atoms with E-state index in [1.807, 2.05) is 0 Å². The summed E-state index contributed by atoms with van der Waals surface area (Å²) in [6.45, 7) is 1.61. The molecular weight excluding hydrogens is 409 g/mol. The first-order chi connectivity index (χ1) is 14.2. The summed E-state index contributed by atoms with van der Waals surface area (Å²) in [6, 6.07) is 7.23. The summed E-state index contributed by atoms with van der Waals surface area (Å²) in [5.41, 5.74) is 7.88. The van der Waals surface area contributed by atoms with E-state index in [2.05, 4.69) is 16.2 Å². The number of sulfone groups is 1. The van der Waals surface area contributed by atoms with E-state index in [1.54, 1.807) is 20.0 Å². The molecule has 1 aromatic carbocycles. The number of hydrogen-bond acceptors (Lipinski definition) is 7. The molecule has 0 radical (unpaired) electrons. The van der Waals surface area contributed by atoms with Crippen LogP contribution in [0.15, 0.2) is 35.4 Å². The number of nitrogens with zero attached hydrogens (tertiary/aromatic N) is 4. The Balaban J connectivity index is 1.99. The standard InChI is InChI=1S/C20H18FN5O3S/c1-11-14-8-13(21)3-4-18(14)30(27,28)6-5-15-19(16(9-22)26(2)25-15)12-7-17(29-11)20(23)24-10-12/h3-4,7-8,10-11H,5-6H2,1-2H3,(H2,23,24). The number of nitriles is 1. The minimum absolute atomic E-state index is 0.0161. The highest BCUT2D eigenvalue weighted by atomic mass is 32.2. The van der Waals surface area contributed by atoms with E-state index >= 15 is 0 Å². The van der Waals surface area contributed by atoms with Gasteiger partial charge in [0.1, 0.15) is 23.7 Å². The zero-order valence-electron chi connectivity index (χ0n) is 16.3. The first kappa shape index (κ1) is 19.8. The van der Waals surface area contributed by atoms with Crippen LogP contribution in [-0.4, -0.2) is 28.9 Å². The van der Waals surface area contributed by atoms with E-state index in [9.17, 15) is 18.1 Å². The number of anilines is 1. The number of fused-ring (bicyclic) bond motifs is 5. The second-order valence-electron chi connectivity index (χ2n) is 7.02. The Morgan fingerprint density at radius 3 is 2.87 bits per heavy atom. The molecule has 8 nitrogen and oxygen atoms in total. The summed E-state index contributed by atoms with van der Waals surface area (Å²) in [6.07, 6.45) is 0.745. The number of nitrogens with two attached hydrogens (primary N) is 1. The molecule has 2 bridgehead atoms. The van der Waals surface area contributed by atoms with Gasteiger partial charge in [0.05, 0.1) is 16.3 Å². The fourth-order valence-electron chi connectivity index (χ4n) is 3.59. The number of aryl methyl sites for hydroxylation is 2. The molecule has 1 unspecified atom stereocenters. The molecule has 30 heavy (non-hydrogen) atoms. The molecule has 0 saturated heterocycles. The Morgan fingerprint density at radius 2 is 2.13 bits per heavy atom. The van der Waals surface area contributed by atoms with Crippen molar-refractivity contribution in [1.29, 1.82) is 5.26 Å². The van der Waals surface area contributed by atoms with Gasteiger partial charge in [0.15, 0.2) is 21.4 Å². The first-order valence-electron chi connectivity index (χ1n) is 9.12. The van der Waals surface area contributed by atoms with E-state index in [0.29, 0.717) is 16.8 Å². The van der Waals surface area contributed by atoms with Gasteiger partial charge in [0, 0.05) is 36.4 Å². The third kappa shape index (κ3) is 3.27. The van der Waals surface area contributed by atoms with Gasteiger partial charge in [-0.1, -0.05) is 0 Å². The molecule has 3 heterocycles. The average molecular weight is 427 g/mol. The third-order valence-electron chi connectivity index (χ3n) is 5.05. The highest BCUT2D eigenvalue weighted by Gasteiger charge is 2.27. The first-order valence-corrected chi connectivity index (χ1v) is 10.8. The number of ether oxygens (including phenoxy) is 1. The summed E-state index contributed by atoms with van der Waals surface area (Å²) in [5, 5.41) is 13.9. The van der Waals surface area contributed by atoms with Crippen molar-refractivity contribution in [3.05, 3.63) is 53.2 Å². The van der Waals surface area contributed by atoms with Crippen molar-refractivity contribution in [2.75, 3.05) is 11.5 Å². The van der Waals surface area contributed by atoms with E-state index in [0.717, 1.165) is 12.1 Å². The molecule has 0 spiro atoms. The molecule has 4 rings (SSSR count). The lowest BCUT2D eigenvalue weighted by Gasteiger charge is -2.20. The number of aromatic nitrogens is 3. The van der Waals surface area contributed by atoms with E-state index < -0.39 is 21.8 Å². The number of hydrogen-bond donors (Lipinski definition) is 1. The van der Waals surface area contributed by atoms with E-state index in [4.69, 9.17) is 10.5 Å². The van der Waals surface area contributed by atoms with Crippen LogP contribution < -0.4 is 10.5 Å². The van der Waals surface area contributed by atoms with Gasteiger partial charge in [-0.3, -0.25) is 4.68 Å². The Hall–Kier alpha value is -3.45. The van der Waals surface area contributed by atoms with Crippen LogP contribution in [-0.2, 0) is 23.3 Å². The lowest BCUT2D eigenvalue weighted by Crippen LogP contribution is -2.16. The van der Waals surface area contributed by atoms with Crippen LogP contribution in [0.3, 0.4) is 0 Å². The molecule has 0 aliphatic carbocycles. The summed E-state index contributed by atoms with van der Waals surface area (Å²) in [7, 11) is -2.18. The fraction of sp³-hybridized carbons (Fsp3) is 0.250. The second-order valence-corrected chi connectivity index (χ2v) is 9.10. The van der Waals surface area contributed by atoms with Crippen molar-refractivity contribution in [1.82, 2.24) is 14.8 Å². The molecule has 1 aliphatic heterocycles. The molecule has 2 aromatic heterocycles. The zero-order chi connectivity index (χ0) is 21.6. The molecule has 3 aromatic rings. The van der Waals surface area contributed by atoms with Crippen LogP contribution in [0, 0.1) is 17.1 Å². The van der Waals surface area contributed by atoms with Crippen molar-refractivity contribution < 1.29 is 17.5 Å². The Labute approximate surface area is 172 Å². The highest BCUT2D eigenvalue weighted by molar-refractivity contribution is 7.91. The maximum atomic E-state index is 13.9. The molecular formula is C20H18FN5O3S. The van der Waals surface area contributed by atoms with Crippen molar-refractivity contribution in [2.24, 2.45) is 7.05 Å². The maximum Gasteiger partial charge on any atom is 0.179 e.